The minimum atomic E-state index is -1.44. The van der Waals surface area contributed by atoms with E-state index in [-0.39, 0.29) is 10.5 Å². The van der Waals surface area contributed by atoms with Crippen LogP contribution in [0.15, 0.2) is 28.6 Å². The van der Waals surface area contributed by atoms with Crippen molar-refractivity contribution in [3.63, 3.8) is 0 Å². The van der Waals surface area contributed by atoms with Gasteiger partial charge in [-0.2, -0.15) is 0 Å². The number of benzene rings is 1. The summed E-state index contributed by atoms with van der Waals surface area (Å²) in [5.41, 5.74) is -0.558. The molecule has 10 heavy (non-hydrogen) atoms. The number of carboxylic acid groups (broad SMARTS) is 1. The van der Waals surface area contributed by atoms with Gasteiger partial charge in [0, 0.05) is 4.47 Å². The summed E-state index contributed by atoms with van der Waals surface area (Å²) in [5, 5.41) is 8.68. The van der Waals surface area contributed by atoms with Crippen LogP contribution in [-0.2, 0) is 0 Å². The molecule has 0 fully saturated rings. The zero-order valence-corrected chi connectivity index (χ0v) is 6.32. The van der Waals surface area contributed by atoms with Gasteiger partial charge < -0.3 is 5.11 Å². The Kier molecular flexibility index (Phi) is 1.00. The summed E-state index contributed by atoms with van der Waals surface area (Å²) >= 11 is 2.84. The second-order valence-corrected chi connectivity index (χ2v) is 2.29. The van der Waals surface area contributed by atoms with E-state index in [2.05, 4.69) is 15.9 Å². The number of halogens is 1. The van der Waals surface area contributed by atoms with Gasteiger partial charge in [-0.25, -0.2) is 4.79 Å². The maximum atomic E-state index is 10.7. The van der Waals surface area contributed by atoms with Gasteiger partial charge in [-0.1, -0.05) is 22.0 Å². The summed E-state index contributed by atoms with van der Waals surface area (Å²) < 4.78 is 29.1. The first kappa shape index (κ1) is 3.53. The van der Waals surface area contributed by atoms with E-state index in [1.54, 1.807) is 0 Å². The van der Waals surface area contributed by atoms with Crippen molar-refractivity contribution < 1.29 is 15.4 Å². The van der Waals surface area contributed by atoms with Gasteiger partial charge in [0.1, 0.15) is 0 Å². The van der Waals surface area contributed by atoms with E-state index in [9.17, 15) is 4.79 Å². The molecule has 0 atom stereocenters. The van der Waals surface area contributed by atoms with Crippen molar-refractivity contribution in [3.8, 4) is 0 Å². The van der Waals surface area contributed by atoms with E-state index < -0.39 is 29.7 Å². The van der Waals surface area contributed by atoms with E-state index in [4.69, 9.17) is 10.6 Å². The molecule has 0 bridgehead atoms. The van der Waals surface area contributed by atoms with Gasteiger partial charge >= 0.3 is 5.97 Å². The second-order valence-electron chi connectivity index (χ2n) is 1.49. The zero-order chi connectivity index (χ0) is 11.0. The Morgan fingerprint density at radius 3 is 3.00 bits per heavy atom. The monoisotopic (exact) mass is 204 g/mol. The molecule has 0 saturated carbocycles. The van der Waals surface area contributed by atoms with Gasteiger partial charge in [-0.3, -0.25) is 0 Å². The molecule has 0 unspecified atom stereocenters. The van der Waals surface area contributed by atoms with Crippen LogP contribution in [0.2, 0.25) is 0 Å². The van der Waals surface area contributed by atoms with E-state index >= 15 is 0 Å². The molecule has 0 aliphatic rings. The minimum Gasteiger partial charge on any atom is -0.478 e. The molecule has 0 aliphatic carbocycles. The summed E-state index contributed by atoms with van der Waals surface area (Å²) in [7, 11) is 0. The van der Waals surface area contributed by atoms with E-state index in [1.807, 2.05) is 0 Å². The molecule has 0 spiro atoms. The standard InChI is InChI=1S/C7H5BrO2/c8-6-3-1-2-5(4-6)7(9)10/h1-4H,(H,9,10)/i1D,2D,3D,4D. The molecule has 0 aliphatic heterocycles. The molecule has 3 heteroatoms. The largest absolute Gasteiger partial charge is 0.478 e. The van der Waals surface area contributed by atoms with Crippen LogP contribution in [0, 0.1) is 0 Å². The lowest BCUT2D eigenvalue weighted by Crippen LogP contribution is -1.94. The Morgan fingerprint density at radius 1 is 1.70 bits per heavy atom. The molecule has 1 rings (SSSR count). The topological polar surface area (TPSA) is 37.3 Å². The molecule has 2 nitrogen and oxygen atoms in total. The van der Waals surface area contributed by atoms with Gasteiger partial charge in [-0.05, 0) is 18.1 Å². The van der Waals surface area contributed by atoms with Gasteiger partial charge in [0.05, 0.1) is 11.0 Å². The molecule has 0 aromatic heterocycles. The highest BCUT2D eigenvalue weighted by Gasteiger charge is 1.99. The van der Waals surface area contributed by atoms with Crippen molar-refractivity contribution in [1.82, 2.24) is 0 Å². The Morgan fingerprint density at radius 2 is 2.40 bits per heavy atom. The van der Waals surface area contributed by atoms with E-state index in [1.165, 1.54) is 0 Å². The first-order valence-electron chi connectivity index (χ1n) is 4.37. The molecule has 1 N–H and O–H groups in total. The van der Waals surface area contributed by atoms with Crippen molar-refractivity contribution in [2.45, 2.75) is 0 Å². The average molecular weight is 205 g/mol. The van der Waals surface area contributed by atoms with Crippen LogP contribution in [0.3, 0.4) is 0 Å². The van der Waals surface area contributed by atoms with Crippen LogP contribution in [0.1, 0.15) is 15.8 Å². The highest BCUT2D eigenvalue weighted by atomic mass is 79.9. The average Bonchev–Trinajstić information content (AvgIpc) is 2.11. The number of hydrogen-bond donors (Lipinski definition) is 1. The van der Waals surface area contributed by atoms with E-state index in [0.29, 0.717) is 0 Å². The Labute approximate surface area is 72.2 Å². The first-order valence-corrected chi connectivity index (χ1v) is 3.16. The number of carbonyl (C=O) groups is 1. The summed E-state index contributed by atoms with van der Waals surface area (Å²) in [6.45, 7) is 0. The summed E-state index contributed by atoms with van der Waals surface area (Å²) in [6.07, 6.45) is 0. The molecular weight excluding hydrogens is 196 g/mol. The lowest BCUT2D eigenvalue weighted by molar-refractivity contribution is 0.0697. The lowest BCUT2D eigenvalue weighted by Gasteiger charge is -1.92. The summed E-state index contributed by atoms with van der Waals surface area (Å²) in [4.78, 5) is 10.7. The summed E-state index contributed by atoms with van der Waals surface area (Å²) in [6, 6.07) is -1.88. The predicted molar refractivity (Wildman–Crippen MR) is 41.1 cm³/mol. The van der Waals surface area contributed by atoms with Crippen molar-refractivity contribution in [2.75, 3.05) is 0 Å². The Hall–Kier alpha value is -0.830. The van der Waals surface area contributed by atoms with Crippen molar-refractivity contribution in [1.29, 1.82) is 0 Å². The van der Waals surface area contributed by atoms with Crippen molar-refractivity contribution in [3.05, 3.63) is 34.2 Å². The number of rotatable bonds is 1. The van der Waals surface area contributed by atoms with Gasteiger partial charge in [0.2, 0.25) is 0 Å². The van der Waals surface area contributed by atoms with Crippen molar-refractivity contribution >= 4 is 21.9 Å². The third-order valence-corrected chi connectivity index (χ3v) is 1.20. The smallest absolute Gasteiger partial charge is 0.335 e. The van der Waals surface area contributed by atoms with Crippen molar-refractivity contribution in [2.24, 2.45) is 0 Å². The fourth-order valence-electron chi connectivity index (χ4n) is 0.428. The maximum absolute atomic E-state index is 10.7. The second kappa shape index (κ2) is 2.84. The first-order chi connectivity index (χ1) is 6.37. The van der Waals surface area contributed by atoms with Gasteiger partial charge in [-0.15, -0.1) is 0 Å². The Bertz CT molecular complexity index is 390. The van der Waals surface area contributed by atoms with E-state index in [0.717, 1.165) is 0 Å². The molecule has 0 amide bonds. The third kappa shape index (κ3) is 1.57. The molecule has 0 saturated heterocycles. The SMILES string of the molecule is [2H]c1c([2H])c(Br)c([2H])c(C(=O)O)c1[2H]. The molecule has 0 heterocycles. The van der Waals surface area contributed by atoms with Crippen LogP contribution in [0.5, 0.6) is 0 Å². The fourth-order valence-corrected chi connectivity index (χ4v) is 0.725. The lowest BCUT2D eigenvalue weighted by atomic mass is 10.2. The third-order valence-electron chi connectivity index (χ3n) is 0.808. The molecule has 0 radical (unpaired) electrons. The molecular formula is C7H5BrO2. The molecule has 52 valence electrons. The number of carboxylic acids is 1. The molecule has 1 aromatic rings. The van der Waals surface area contributed by atoms with Crippen LogP contribution in [0.4, 0.5) is 0 Å². The van der Waals surface area contributed by atoms with Crippen LogP contribution < -0.4 is 0 Å². The van der Waals surface area contributed by atoms with Crippen LogP contribution >= 0.6 is 15.9 Å². The zero-order valence-electron chi connectivity index (χ0n) is 8.73. The van der Waals surface area contributed by atoms with Gasteiger partial charge in [0.15, 0.2) is 0 Å². The highest BCUT2D eigenvalue weighted by Crippen LogP contribution is 2.10. The number of hydrogen-bond acceptors (Lipinski definition) is 1. The fraction of sp³-hybridized carbons (Fsp3) is 0. The number of aromatic carboxylic acids is 1. The normalized spacial score (nSPS) is 14.9. The minimum absolute atomic E-state index is 0.0732. The van der Waals surface area contributed by atoms with Crippen LogP contribution in [-0.4, -0.2) is 11.1 Å². The highest BCUT2D eigenvalue weighted by molar-refractivity contribution is 9.10. The maximum Gasteiger partial charge on any atom is 0.335 e. The Balaban J connectivity index is 3.68. The quantitative estimate of drug-likeness (QED) is 0.762. The summed E-state index contributed by atoms with van der Waals surface area (Å²) in [5.74, 6) is -1.44. The van der Waals surface area contributed by atoms with Gasteiger partial charge in [0.25, 0.3) is 0 Å². The van der Waals surface area contributed by atoms with Crippen LogP contribution in [0.25, 0.3) is 0 Å². The predicted octanol–water partition coefficient (Wildman–Crippen LogP) is 2.15. The molecule has 1 aromatic carbocycles.